The highest BCUT2D eigenvalue weighted by Gasteiger charge is 2.12. The second kappa shape index (κ2) is 6.48. The number of carbonyl (C=O) groups is 1. The first-order valence-corrected chi connectivity index (χ1v) is 6.64. The van der Waals surface area contributed by atoms with Crippen molar-refractivity contribution in [3.8, 4) is 0 Å². The Kier molecular flexibility index (Phi) is 4.69. The summed E-state index contributed by atoms with van der Waals surface area (Å²) in [5.74, 6) is 0.508. The normalized spacial score (nSPS) is 11.9. The number of esters is 1. The summed E-state index contributed by atoms with van der Waals surface area (Å²) in [7, 11) is 1.35. The highest BCUT2D eigenvalue weighted by atomic mass is 35.5. The number of methoxy groups -OCH3 is 1. The second-order valence-corrected chi connectivity index (χ2v) is 4.92. The summed E-state index contributed by atoms with van der Waals surface area (Å²) in [5.41, 5.74) is 1.17. The number of benzene rings is 1. The van der Waals surface area contributed by atoms with Crippen LogP contribution in [0.4, 0.5) is 5.69 Å². The molecule has 0 saturated carbocycles. The average Bonchev–Trinajstić information content (AvgIpc) is 2.93. The van der Waals surface area contributed by atoms with Gasteiger partial charge in [0.1, 0.15) is 5.76 Å². The van der Waals surface area contributed by atoms with Crippen molar-refractivity contribution in [2.75, 3.05) is 12.4 Å². The van der Waals surface area contributed by atoms with Gasteiger partial charge in [-0.2, -0.15) is 0 Å². The lowest BCUT2D eigenvalue weighted by Crippen LogP contribution is -2.18. The molecule has 5 heteroatoms. The molecule has 1 N–H and O–H groups in total. The fourth-order valence-corrected chi connectivity index (χ4v) is 2.10. The van der Waals surface area contributed by atoms with Crippen molar-refractivity contribution in [3.63, 3.8) is 0 Å². The summed E-state index contributed by atoms with van der Waals surface area (Å²) in [5, 5.41) is 3.83. The van der Waals surface area contributed by atoms with Crippen LogP contribution in [0.25, 0.3) is 0 Å². The van der Waals surface area contributed by atoms with Crippen LogP contribution in [0.3, 0.4) is 0 Å². The fourth-order valence-electron chi connectivity index (χ4n) is 1.93. The minimum Gasteiger partial charge on any atom is -0.469 e. The molecule has 1 aromatic heterocycles. The van der Waals surface area contributed by atoms with Gasteiger partial charge in [-0.25, -0.2) is 4.79 Å². The number of rotatable bonds is 5. The van der Waals surface area contributed by atoms with Crippen LogP contribution in [0.1, 0.15) is 23.0 Å². The van der Waals surface area contributed by atoms with E-state index in [1.54, 1.807) is 24.5 Å². The van der Waals surface area contributed by atoms with E-state index in [9.17, 15) is 4.79 Å². The topological polar surface area (TPSA) is 51.5 Å². The monoisotopic (exact) mass is 293 g/mol. The first-order valence-electron chi connectivity index (χ1n) is 6.27. The van der Waals surface area contributed by atoms with E-state index in [0.717, 1.165) is 12.2 Å². The summed E-state index contributed by atoms with van der Waals surface area (Å²) in [6, 6.07) is 8.89. The van der Waals surface area contributed by atoms with Gasteiger partial charge in [0, 0.05) is 12.5 Å². The molecule has 0 saturated heterocycles. The Labute approximate surface area is 122 Å². The highest BCUT2D eigenvalue weighted by Crippen LogP contribution is 2.24. The van der Waals surface area contributed by atoms with E-state index in [0.29, 0.717) is 16.3 Å². The van der Waals surface area contributed by atoms with Crippen LogP contribution in [-0.2, 0) is 11.2 Å². The van der Waals surface area contributed by atoms with E-state index in [1.165, 1.54) is 7.11 Å². The minimum atomic E-state index is -0.386. The maximum Gasteiger partial charge on any atom is 0.337 e. The lowest BCUT2D eigenvalue weighted by molar-refractivity contribution is 0.0601. The fraction of sp³-hybridized carbons (Fsp3) is 0.267. The van der Waals surface area contributed by atoms with Crippen molar-refractivity contribution in [2.24, 2.45) is 0 Å². The Balaban J connectivity index is 2.09. The SMILES string of the molecule is COC(=O)c1ccc(Cl)c(NC(C)Cc2ccco2)c1. The van der Waals surface area contributed by atoms with Crippen molar-refractivity contribution in [3.05, 3.63) is 52.9 Å². The number of halogens is 1. The third-order valence-corrected chi connectivity index (χ3v) is 3.21. The van der Waals surface area contributed by atoms with Gasteiger partial charge in [-0.05, 0) is 37.3 Å². The van der Waals surface area contributed by atoms with E-state index in [2.05, 4.69) is 5.32 Å². The van der Waals surface area contributed by atoms with Gasteiger partial charge in [0.25, 0.3) is 0 Å². The summed E-state index contributed by atoms with van der Waals surface area (Å²) >= 11 is 6.13. The summed E-state index contributed by atoms with van der Waals surface area (Å²) in [4.78, 5) is 11.5. The molecule has 1 unspecified atom stereocenters. The zero-order valence-electron chi connectivity index (χ0n) is 11.4. The number of nitrogens with one attached hydrogen (secondary N) is 1. The molecule has 0 fully saturated rings. The van der Waals surface area contributed by atoms with Gasteiger partial charge in [-0.3, -0.25) is 0 Å². The number of hydrogen-bond donors (Lipinski definition) is 1. The lowest BCUT2D eigenvalue weighted by Gasteiger charge is -2.16. The Morgan fingerprint density at radius 2 is 2.25 bits per heavy atom. The third kappa shape index (κ3) is 3.54. The number of furan rings is 1. The highest BCUT2D eigenvalue weighted by molar-refractivity contribution is 6.33. The molecule has 0 amide bonds. The van der Waals surface area contributed by atoms with Crippen molar-refractivity contribution in [1.82, 2.24) is 0 Å². The van der Waals surface area contributed by atoms with E-state index in [1.807, 2.05) is 19.1 Å². The number of ether oxygens (including phenoxy) is 1. The van der Waals surface area contributed by atoms with E-state index >= 15 is 0 Å². The molecule has 0 aliphatic rings. The Morgan fingerprint density at radius 1 is 1.45 bits per heavy atom. The lowest BCUT2D eigenvalue weighted by atomic mass is 10.1. The van der Waals surface area contributed by atoms with E-state index in [4.69, 9.17) is 20.8 Å². The van der Waals surface area contributed by atoms with Gasteiger partial charge in [-0.15, -0.1) is 0 Å². The van der Waals surface area contributed by atoms with Gasteiger partial charge >= 0.3 is 5.97 Å². The van der Waals surface area contributed by atoms with Crippen LogP contribution in [0.5, 0.6) is 0 Å². The van der Waals surface area contributed by atoms with Gasteiger partial charge in [-0.1, -0.05) is 11.6 Å². The van der Waals surface area contributed by atoms with Crippen LogP contribution in [0, 0.1) is 0 Å². The maximum absolute atomic E-state index is 11.5. The van der Waals surface area contributed by atoms with Crippen LogP contribution in [0.15, 0.2) is 41.0 Å². The van der Waals surface area contributed by atoms with E-state index < -0.39 is 0 Å². The molecule has 106 valence electrons. The number of hydrogen-bond acceptors (Lipinski definition) is 4. The molecule has 0 aliphatic carbocycles. The largest absolute Gasteiger partial charge is 0.469 e. The van der Waals surface area contributed by atoms with Crippen molar-refractivity contribution in [1.29, 1.82) is 0 Å². The molecular weight excluding hydrogens is 278 g/mol. The van der Waals surface area contributed by atoms with Crippen molar-refractivity contribution in [2.45, 2.75) is 19.4 Å². The zero-order valence-corrected chi connectivity index (χ0v) is 12.1. The van der Waals surface area contributed by atoms with Crippen LogP contribution in [0.2, 0.25) is 5.02 Å². The first-order chi connectivity index (χ1) is 9.60. The van der Waals surface area contributed by atoms with Gasteiger partial charge in [0.15, 0.2) is 0 Å². The van der Waals surface area contributed by atoms with Gasteiger partial charge in [0.05, 0.1) is 29.6 Å². The zero-order chi connectivity index (χ0) is 14.5. The molecule has 4 nitrogen and oxygen atoms in total. The molecule has 0 radical (unpaired) electrons. The quantitative estimate of drug-likeness (QED) is 0.853. The predicted molar refractivity (Wildman–Crippen MR) is 78.3 cm³/mol. The standard InChI is InChI=1S/C15H16ClNO3/c1-10(8-12-4-3-7-20-12)17-14-9-11(15(18)19-2)5-6-13(14)16/h3-7,9-10,17H,8H2,1-2H3. The van der Waals surface area contributed by atoms with Crippen LogP contribution >= 0.6 is 11.6 Å². The average molecular weight is 294 g/mol. The Hall–Kier alpha value is -1.94. The van der Waals surface area contributed by atoms with Crippen molar-refractivity contribution >= 4 is 23.3 Å². The first kappa shape index (κ1) is 14.5. The summed E-state index contributed by atoms with van der Waals surface area (Å²) in [6.45, 7) is 2.02. The van der Waals surface area contributed by atoms with Crippen molar-refractivity contribution < 1.29 is 13.9 Å². The Morgan fingerprint density at radius 3 is 2.90 bits per heavy atom. The van der Waals surface area contributed by atoms with Gasteiger partial charge in [0.2, 0.25) is 0 Å². The third-order valence-electron chi connectivity index (χ3n) is 2.88. The molecule has 2 aromatic rings. The summed E-state index contributed by atoms with van der Waals surface area (Å²) < 4.78 is 10.0. The molecule has 1 heterocycles. The molecule has 20 heavy (non-hydrogen) atoms. The summed E-state index contributed by atoms with van der Waals surface area (Å²) in [6.07, 6.45) is 2.37. The smallest absolute Gasteiger partial charge is 0.337 e. The molecule has 0 aliphatic heterocycles. The minimum absolute atomic E-state index is 0.117. The molecule has 1 aromatic carbocycles. The second-order valence-electron chi connectivity index (χ2n) is 4.52. The predicted octanol–water partition coefficient (Wildman–Crippen LogP) is 3.76. The van der Waals surface area contributed by atoms with Gasteiger partial charge < -0.3 is 14.5 Å². The number of anilines is 1. The Bertz CT molecular complexity index is 581. The maximum atomic E-state index is 11.5. The van der Waals surface area contributed by atoms with Crippen LogP contribution < -0.4 is 5.32 Å². The van der Waals surface area contributed by atoms with Crippen LogP contribution in [-0.4, -0.2) is 19.1 Å². The molecular formula is C15H16ClNO3. The molecule has 1 atom stereocenters. The van der Waals surface area contributed by atoms with E-state index in [-0.39, 0.29) is 12.0 Å². The molecule has 0 bridgehead atoms. The molecule has 0 spiro atoms. The molecule has 2 rings (SSSR count). The number of carbonyl (C=O) groups excluding carboxylic acids is 1.